The van der Waals surface area contributed by atoms with E-state index < -0.39 is 113 Å². The Balaban J connectivity index is -0.000000140. The zero-order valence-corrected chi connectivity index (χ0v) is 20.2. The normalized spacial score (nSPS) is 20.4. The summed E-state index contributed by atoms with van der Waals surface area (Å²) in [6.45, 7) is -4.35. The van der Waals surface area contributed by atoms with Gasteiger partial charge in [0.2, 0.25) is 0 Å². The van der Waals surface area contributed by atoms with Gasteiger partial charge < -0.3 is 103 Å². The van der Waals surface area contributed by atoms with E-state index in [0.29, 0.717) is 0 Å². The highest BCUT2D eigenvalue weighted by Gasteiger charge is 2.31. The molecule has 0 aromatic carbocycles. The monoisotopic (exact) mass is 582 g/mol. The Morgan fingerprint density at radius 1 is 0.237 bits per heavy atom. The predicted octanol–water partition coefficient (Wildman–Crippen LogP) is -12.4. The molecule has 0 unspecified atom stereocenters. The molecule has 22 N–H and O–H groups in total. The molecular formula is C18H46O20. The fraction of sp³-hybridized carbons (Fsp3) is 1.00. The van der Waals surface area contributed by atoms with Gasteiger partial charge in [-0.3, -0.25) is 0 Å². The number of hydrogen-bond acceptors (Lipinski definition) is 18. The first-order valence-corrected chi connectivity index (χ1v) is 10.4. The van der Waals surface area contributed by atoms with Gasteiger partial charge in [-0.25, -0.2) is 0 Å². The van der Waals surface area contributed by atoms with Crippen LogP contribution < -0.4 is 0 Å². The second-order valence-corrected chi connectivity index (χ2v) is 7.44. The van der Waals surface area contributed by atoms with Crippen LogP contribution in [0.5, 0.6) is 0 Å². The van der Waals surface area contributed by atoms with Crippen LogP contribution in [0.3, 0.4) is 0 Å². The molecule has 0 aliphatic rings. The molecule has 0 aliphatic heterocycles. The first-order valence-electron chi connectivity index (χ1n) is 10.4. The highest BCUT2D eigenvalue weighted by Crippen LogP contribution is 2.05. The molecule has 38 heavy (non-hydrogen) atoms. The SMILES string of the molecule is O.O.OC[C@@H](O)[C@@H](O)[C@H](O)[C@@H](O)CO.OC[C@@H](O)[C@@H](O)[C@H](O)[C@@H](O)CO.OC[C@@H](O)[C@@H](O)[C@H](O)[C@@H](O)CO. The summed E-state index contributed by atoms with van der Waals surface area (Å²) in [5.74, 6) is 0. The third kappa shape index (κ3) is 18.5. The quantitative estimate of drug-likeness (QED) is 0.0851. The molecule has 0 aromatic rings. The highest BCUT2D eigenvalue weighted by atomic mass is 16.4. The third-order valence-corrected chi connectivity index (χ3v) is 4.54. The summed E-state index contributed by atoms with van der Waals surface area (Å²) < 4.78 is 0. The van der Waals surface area contributed by atoms with Crippen molar-refractivity contribution in [2.24, 2.45) is 0 Å². The third-order valence-electron chi connectivity index (χ3n) is 4.54. The number of aliphatic hydroxyl groups excluding tert-OH is 18. The van der Waals surface area contributed by atoms with Crippen LogP contribution in [-0.2, 0) is 0 Å². The Kier molecular flexibility index (Phi) is 32.7. The van der Waals surface area contributed by atoms with E-state index in [1.807, 2.05) is 0 Å². The molecule has 0 bridgehead atoms. The molecule has 20 nitrogen and oxygen atoms in total. The molecule has 0 heterocycles. The Morgan fingerprint density at radius 3 is 0.368 bits per heavy atom. The van der Waals surface area contributed by atoms with E-state index in [9.17, 15) is 0 Å². The van der Waals surface area contributed by atoms with Gasteiger partial charge in [-0.2, -0.15) is 0 Å². The maximum Gasteiger partial charge on any atom is 0.111 e. The minimum absolute atomic E-state index is 0. The summed E-state index contributed by atoms with van der Waals surface area (Å²) in [6, 6.07) is 0. The van der Waals surface area contributed by atoms with E-state index in [-0.39, 0.29) is 11.0 Å². The van der Waals surface area contributed by atoms with Crippen molar-refractivity contribution in [3.8, 4) is 0 Å². The molecular weight excluding hydrogens is 536 g/mol. The summed E-state index contributed by atoms with van der Waals surface area (Å²) in [7, 11) is 0. The van der Waals surface area contributed by atoms with Gasteiger partial charge in [0, 0.05) is 0 Å². The van der Waals surface area contributed by atoms with Crippen molar-refractivity contribution in [2.45, 2.75) is 73.2 Å². The maximum atomic E-state index is 8.96. The lowest BCUT2D eigenvalue weighted by Crippen LogP contribution is -2.46. The molecule has 0 spiro atoms. The zero-order valence-electron chi connectivity index (χ0n) is 20.2. The van der Waals surface area contributed by atoms with Crippen LogP contribution in [0.15, 0.2) is 0 Å². The molecule has 0 aromatic heterocycles. The highest BCUT2D eigenvalue weighted by molar-refractivity contribution is 4.81. The molecule has 0 fully saturated rings. The van der Waals surface area contributed by atoms with E-state index in [1.54, 1.807) is 0 Å². The largest absolute Gasteiger partial charge is 0.412 e. The van der Waals surface area contributed by atoms with Crippen molar-refractivity contribution in [3.05, 3.63) is 0 Å². The second kappa shape index (κ2) is 26.4. The van der Waals surface area contributed by atoms with Crippen molar-refractivity contribution in [1.29, 1.82) is 0 Å². The van der Waals surface area contributed by atoms with Crippen LogP contribution in [0.4, 0.5) is 0 Å². The summed E-state index contributed by atoms with van der Waals surface area (Å²) in [4.78, 5) is 0. The van der Waals surface area contributed by atoms with Crippen LogP contribution in [0, 0.1) is 0 Å². The average Bonchev–Trinajstić information content (AvgIpc) is 2.92. The molecule has 0 rings (SSSR count). The minimum atomic E-state index is -1.67. The standard InChI is InChI=1S/3C6H14O6.2H2O/c3*7-1-3(9)5(11)6(12)4(10)2-8;;/h3*3-12H,1-2H2;2*1H2/t3*3-,4+,5-,6-;;/m111../s1. The van der Waals surface area contributed by atoms with Crippen molar-refractivity contribution >= 4 is 0 Å². The van der Waals surface area contributed by atoms with Crippen LogP contribution in [0.1, 0.15) is 0 Å². The number of rotatable bonds is 15. The molecule has 0 aliphatic carbocycles. The molecule has 0 saturated heterocycles. The van der Waals surface area contributed by atoms with E-state index >= 15 is 0 Å². The average molecular weight is 583 g/mol. The Bertz CT molecular complexity index is 382. The smallest absolute Gasteiger partial charge is 0.111 e. The lowest BCUT2D eigenvalue weighted by Gasteiger charge is -2.24. The summed E-state index contributed by atoms with van der Waals surface area (Å²) in [5, 5.41) is 157. The Hall–Kier alpha value is -0.800. The first-order chi connectivity index (χ1) is 16.6. The van der Waals surface area contributed by atoms with Crippen molar-refractivity contribution < 1.29 is 103 Å². The Morgan fingerprint density at radius 2 is 0.316 bits per heavy atom. The van der Waals surface area contributed by atoms with Crippen molar-refractivity contribution in [3.63, 3.8) is 0 Å². The lowest BCUT2D eigenvalue weighted by molar-refractivity contribution is -0.123. The van der Waals surface area contributed by atoms with Gasteiger partial charge in [-0.05, 0) is 0 Å². The van der Waals surface area contributed by atoms with Gasteiger partial charge in [-0.15, -0.1) is 0 Å². The fourth-order valence-corrected chi connectivity index (χ4v) is 2.01. The van der Waals surface area contributed by atoms with Crippen LogP contribution in [-0.4, -0.2) is 216 Å². The molecule has 0 amide bonds. The second-order valence-electron chi connectivity index (χ2n) is 7.44. The minimum Gasteiger partial charge on any atom is -0.412 e. The predicted molar refractivity (Wildman–Crippen MR) is 122 cm³/mol. The van der Waals surface area contributed by atoms with Crippen LogP contribution in [0.2, 0.25) is 0 Å². The van der Waals surface area contributed by atoms with Crippen LogP contribution in [0.25, 0.3) is 0 Å². The van der Waals surface area contributed by atoms with Crippen molar-refractivity contribution in [2.75, 3.05) is 39.6 Å². The molecule has 0 saturated carbocycles. The molecule has 12 atom stereocenters. The molecule has 0 radical (unpaired) electrons. The van der Waals surface area contributed by atoms with Gasteiger partial charge in [0.25, 0.3) is 0 Å². The Labute approximate surface area is 216 Å². The lowest BCUT2D eigenvalue weighted by atomic mass is 10.0. The van der Waals surface area contributed by atoms with Crippen LogP contribution >= 0.6 is 0 Å². The van der Waals surface area contributed by atoms with E-state index in [2.05, 4.69) is 0 Å². The summed E-state index contributed by atoms with van der Waals surface area (Å²) >= 11 is 0. The summed E-state index contributed by atoms with van der Waals surface area (Å²) in [6.07, 6.45) is -19.2. The number of hydrogen-bond donors (Lipinski definition) is 18. The van der Waals surface area contributed by atoms with E-state index in [1.165, 1.54) is 0 Å². The molecule has 238 valence electrons. The van der Waals surface area contributed by atoms with Gasteiger partial charge in [-0.1, -0.05) is 0 Å². The van der Waals surface area contributed by atoms with Crippen molar-refractivity contribution in [1.82, 2.24) is 0 Å². The first kappa shape index (κ1) is 47.0. The van der Waals surface area contributed by atoms with Gasteiger partial charge >= 0.3 is 0 Å². The topological polar surface area (TPSA) is 427 Å². The van der Waals surface area contributed by atoms with Gasteiger partial charge in [0.1, 0.15) is 73.2 Å². The van der Waals surface area contributed by atoms with E-state index in [4.69, 9.17) is 91.9 Å². The summed E-state index contributed by atoms with van der Waals surface area (Å²) in [5.41, 5.74) is 0. The van der Waals surface area contributed by atoms with Gasteiger partial charge in [0.05, 0.1) is 39.6 Å². The fourth-order valence-electron chi connectivity index (χ4n) is 2.01. The van der Waals surface area contributed by atoms with E-state index in [0.717, 1.165) is 0 Å². The van der Waals surface area contributed by atoms with Gasteiger partial charge in [0.15, 0.2) is 0 Å². The maximum absolute atomic E-state index is 8.96. The number of aliphatic hydroxyl groups is 18. The zero-order chi connectivity index (χ0) is 29.2. The molecule has 20 heteroatoms.